The van der Waals surface area contributed by atoms with Crippen molar-refractivity contribution in [2.45, 2.75) is 19.8 Å². The van der Waals surface area contributed by atoms with Crippen molar-refractivity contribution in [1.82, 2.24) is 20.5 Å². The number of hydrogen-bond donors (Lipinski definition) is 2. The fourth-order valence-electron chi connectivity index (χ4n) is 2.60. The molecule has 6 nitrogen and oxygen atoms in total. The van der Waals surface area contributed by atoms with Gasteiger partial charge in [-0.05, 0) is 19.9 Å². The summed E-state index contributed by atoms with van der Waals surface area (Å²) in [6.45, 7) is 3.67. The molecule has 0 aromatic carbocycles. The third-order valence-electron chi connectivity index (χ3n) is 3.64. The van der Waals surface area contributed by atoms with Crippen LogP contribution in [0.4, 0.5) is 0 Å². The van der Waals surface area contributed by atoms with E-state index in [4.69, 9.17) is 0 Å². The molecular formula is C15H12N6. The van der Waals surface area contributed by atoms with Gasteiger partial charge in [-0.25, -0.2) is 0 Å². The van der Waals surface area contributed by atoms with Crippen molar-refractivity contribution in [3.63, 3.8) is 0 Å². The molecule has 0 radical (unpaired) electrons. The first kappa shape index (κ1) is 12.9. The van der Waals surface area contributed by atoms with Crippen LogP contribution in [0.1, 0.15) is 25.5 Å². The van der Waals surface area contributed by atoms with E-state index in [2.05, 4.69) is 32.6 Å². The molecule has 3 heterocycles. The third kappa shape index (κ3) is 1.94. The van der Waals surface area contributed by atoms with Crippen molar-refractivity contribution in [1.29, 1.82) is 10.5 Å². The van der Waals surface area contributed by atoms with Crippen molar-refractivity contribution in [2.24, 2.45) is 0 Å². The van der Waals surface area contributed by atoms with Crippen LogP contribution >= 0.6 is 0 Å². The van der Waals surface area contributed by atoms with E-state index in [1.165, 1.54) is 0 Å². The van der Waals surface area contributed by atoms with E-state index in [1.807, 2.05) is 19.9 Å². The Labute approximate surface area is 121 Å². The fourth-order valence-corrected chi connectivity index (χ4v) is 2.60. The Hall–Kier alpha value is -3.12. The second-order valence-corrected chi connectivity index (χ2v) is 4.93. The summed E-state index contributed by atoms with van der Waals surface area (Å²) in [6, 6.07) is 6.26. The Morgan fingerprint density at radius 1 is 1.10 bits per heavy atom. The van der Waals surface area contributed by atoms with Crippen molar-refractivity contribution in [2.75, 3.05) is 0 Å². The van der Waals surface area contributed by atoms with Gasteiger partial charge in [0.05, 0.1) is 52.8 Å². The van der Waals surface area contributed by atoms with Gasteiger partial charge in [0, 0.05) is 16.8 Å². The first-order valence-electron chi connectivity index (χ1n) is 6.43. The zero-order valence-electron chi connectivity index (χ0n) is 11.6. The van der Waals surface area contributed by atoms with E-state index in [9.17, 15) is 10.5 Å². The Balaban J connectivity index is 2.22. The minimum Gasteiger partial charge on any atom is -0.361 e. The molecule has 0 atom stereocenters. The van der Waals surface area contributed by atoms with Gasteiger partial charge in [0.2, 0.25) is 0 Å². The number of nitrogens with zero attached hydrogens (tertiary/aromatic N) is 4. The van der Waals surface area contributed by atoms with E-state index in [-0.39, 0.29) is 0 Å². The normalized spacial score (nSPS) is 15.8. The molecule has 1 aliphatic rings. The van der Waals surface area contributed by atoms with Crippen molar-refractivity contribution in [3.8, 4) is 12.1 Å². The SMILES string of the molecule is CC1=C(C#N)C(c2cc3cn[nH]c3cn2)C(C#N)=C(C)N1. The molecule has 6 heteroatoms. The Kier molecular flexibility index (Phi) is 2.93. The minimum absolute atomic E-state index is 0.430. The van der Waals surface area contributed by atoms with E-state index >= 15 is 0 Å². The van der Waals surface area contributed by atoms with Crippen molar-refractivity contribution in [3.05, 3.63) is 46.7 Å². The molecule has 3 rings (SSSR count). The standard InChI is InChI=1S/C15H12N6/c1-8-11(4-16)15(12(5-17)9(2)20-8)13-3-10-6-19-21-14(10)7-18-13/h3,6-7,15,20H,1-2H3,(H,19,21). The van der Waals surface area contributed by atoms with Gasteiger partial charge in [-0.15, -0.1) is 0 Å². The number of allylic oxidation sites excluding steroid dienone is 4. The number of rotatable bonds is 1. The Morgan fingerprint density at radius 2 is 1.76 bits per heavy atom. The number of pyridine rings is 1. The van der Waals surface area contributed by atoms with Gasteiger partial charge < -0.3 is 5.32 Å². The number of H-pyrrole nitrogens is 1. The number of nitrogens with one attached hydrogen (secondary N) is 2. The molecule has 0 bridgehead atoms. The molecule has 0 fully saturated rings. The summed E-state index contributed by atoms with van der Waals surface area (Å²) >= 11 is 0. The molecule has 2 N–H and O–H groups in total. The van der Waals surface area contributed by atoms with Gasteiger partial charge in [0.15, 0.2) is 0 Å². The molecule has 0 spiro atoms. The highest BCUT2D eigenvalue weighted by Crippen LogP contribution is 2.36. The number of aromatic nitrogens is 3. The maximum Gasteiger partial charge on any atom is 0.0976 e. The van der Waals surface area contributed by atoms with Crippen LogP contribution in [0.3, 0.4) is 0 Å². The zero-order valence-corrected chi connectivity index (χ0v) is 11.6. The van der Waals surface area contributed by atoms with E-state index in [1.54, 1.807) is 12.4 Å². The van der Waals surface area contributed by atoms with Gasteiger partial charge in [-0.2, -0.15) is 15.6 Å². The van der Waals surface area contributed by atoms with Crippen LogP contribution in [-0.2, 0) is 0 Å². The summed E-state index contributed by atoms with van der Waals surface area (Å²) < 4.78 is 0. The highest BCUT2D eigenvalue weighted by atomic mass is 15.1. The number of fused-ring (bicyclic) bond motifs is 1. The molecule has 2 aromatic heterocycles. The monoisotopic (exact) mass is 276 g/mol. The maximum atomic E-state index is 9.44. The molecular weight excluding hydrogens is 264 g/mol. The van der Waals surface area contributed by atoms with Gasteiger partial charge in [0.1, 0.15) is 0 Å². The minimum atomic E-state index is -0.430. The lowest BCUT2D eigenvalue weighted by Crippen LogP contribution is -2.23. The van der Waals surface area contributed by atoms with E-state index in [0.717, 1.165) is 22.3 Å². The number of nitriles is 2. The number of aromatic amines is 1. The summed E-state index contributed by atoms with van der Waals surface area (Å²) in [6.07, 6.45) is 3.38. The van der Waals surface area contributed by atoms with Crippen LogP contribution in [0, 0.1) is 22.7 Å². The Morgan fingerprint density at radius 3 is 2.38 bits per heavy atom. The smallest absolute Gasteiger partial charge is 0.0976 e. The molecule has 102 valence electrons. The lowest BCUT2D eigenvalue weighted by molar-refractivity contribution is 0.797. The molecule has 0 unspecified atom stereocenters. The predicted molar refractivity (Wildman–Crippen MR) is 76.4 cm³/mol. The highest BCUT2D eigenvalue weighted by molar-refractivity contribution is 5.77. The van der Waals surface area contributed by atoms with Crippen molar-refractivity contribution >= 4 is 10.9 Å². The van der Waals surface area contributed by atoms with Gasteiger partial charge >= 0.3 is 0 Å². The molecule has 0 saturated heterocycles. The summed E-state index contributed by atoms with van der Waals surface area (Å²) in [7, 11) is 0. The zero-order chi connectivity index (χ0) is 15.0. The summed E-state index contributed by atoms with van der Waals surface area (Å²) in [5.74, 6) is -0.430. The maximum absolute atomic E-state index is 9.44. The van der Waals surface area contributed by atoms with Crippen LogP contribution in [-0.4, -0.2) is 15.2 Å². The second-order valence-electron chi connectivity index (χ2n) is 4.93. The summed E-state index contributed by atoms with van der Waals surface area (Å²) in [5, 5.41) is 29.7. The van der Waals surface area contributed by atoms with E-state index < -0.39 is 5.92 Å². The number of dihydropyridines is 1. The number of hydrogen-bond acceptors (Lipinski definition) is 5. The first-order valence-corrected chi connectivity index (χ1v) is 6.43. The summed E-state index contributed by atoms with van der Waals surface area (Å²) in [4.78, 5) is 4.40. The second kappa shape index (κ2) is 4.77. The third-order valence-corrected chi connectivity index (χ3v) is 3.64. The van der Waals surface area contributed by atoms with Crippen LogP contribution in [0.2, 0.25) is 0 Å². The quantitative estimate of drug-likeness (QED) is 0.831. The average Bonchev–Trinajstić information content (AvgIpc) is 2.93. The van der Waals surface area contributed by atoms with Crippen LogP contribution in [0.25, 0.3) is 10.9 Å². The average molecular weight is 276 g/mol. The first-order chi connectivity index (χ1) is 10.2. The summed E-state index contributed by atoms with van der Waals surface area (Å²) in [5.41, 5.74) is 4.06. The van der Waals surface area contributed by atoms with Gasteiger partial charge in [-0.3, -0.25) is 10.1 Å². The molecule has 0 amide bonds. The van der Waals surface area contributed by atoms with Crippen LogP contribution in [0.15, 0.2) is 41.0 Å². The molecule has 0 aliphatic carbocycles. The van der Waals surface area contributed by atoms with Crippen LogP contribution < -0.4 is 5.32 Å². The topological polar surface area (TPSA) is 101 Å². The van der Waals surface area contributed by atoms with E-state index in [0.29, 0.717) is 16.8 Å². The predicted octanol–water partition coefficient (Wildman–Crippen LogP) is 2.24. The fraction of sp³-hybridized carbons (Fsp3) is 0.200. The molecule has 21 heavy (non-hydrogen) atoms. The molecule has 1 aliphatic heterocycles. The van der Waals surface area contributed by atoms with Crippen LogP contribution in [0.5, 0.6) is 0 Å². The largest absolute Gasteiger partial charge is 0.361 e. The lowest BCUT2D eigenvalue weighted by atomic mass is 9.84. The lowest BCUT2D eigenvalue weighted by Gasteiger charge is -2.25. The van der Waals surface area contributed by atoms with Gasteiger partial charge in [-0.1, -0.05) is 0 Å². The van der Waals surface area contributed by atoms with Crippen molar-refractivity contribution < 1.29 is 0 Å². The molecule has 0 saturated carbocycles. The Bertz CT molecular complexity index is 835. The van der Waals surface area contributed by atoms with Gasteiger partial charge in [0.25, 0.3) is 0 Å². The highest BCUT2D eigenvalue weighted by Gasteiger charge is 2.30. The molecule has 2 aromatic rings.